The quantitative estimate of drug-likeness (QED) is 0.439. The third-order valence-corrected chi connectivity index (χ3v) is 5.10. The van der Waals surface area contributed by atoms with Gasteiger partial charge in [-0.05, 0) is 29.8 Å². The van der Waals surface area contributed by atoms with Crippen molar-refractivity contribution in [3.8, 4) is 17.4 Å². The number of carbonyl (C=O) groups excluding carboxylic acids is 1. The average molecular weight is 461 g/mol. The molecule has 1 N–H and O–H groups in total. The van der Waals surface area contributed by atoms with Gasteiger partial charge < -0.3 is 14.8 Å². The zero-order valence-corrected chi connectivity index (χ0v) is 19.3. The summed E-state index contributed by atoms with van der Waals surface area (Å²) < 4.78 is 25.8. The van der Waals surface area contributed by atoms with E-state index in [2.05, 4.69) is 25.3 Å². The molecule has 2 heterocycles. The molecular formula is C25H24FN5O3. The number of aromatic nitrogens is 4. The monoisotopic (exact) mass is 461 g/mol. The molecule has 2 aromatic carbocycles. The van der Waals surface area contributed by atoms with Crippen LogP contribution >= 0.6 is 0 Å². The van der Waals surface area contributed by atoms with Gasteiger partial charge in [0.2, 0.25) is 11.8 Å². The van der Waals surface area contributed by atoms with Gasteiger partial charge in [-0.2, -0.15) is 0 Å². The molecule has 0 aliphatic rings. The number of hydrogen-bond donors (Lipinski definition) is 1. The van der Waals surface area contributed by atoms with E-state index in [0.29, 0.717) is 22.5 Å². The number of fused-ring (bicyclic) bond motifs is 1. The van der Waals surface area contributed by atoms with Crippen LogP contribution in [0.25, 0.3) is 10.9 Å². The Morgan fingerprint density at radius 1 is 0.971 bits per heavy atom. The minimum absolute atomic E-state index is 0.158. The van der Waals surface area contributed by atoms with Crippen LogP contribution in [0.4, 0.5) is 10.2 Å². The Balaban J connectivity index is 1.48. The molecule has 1 amide bonds. The third-order valence-electron chi connectivity index (χ3n) is 5.10. The van der Waals surface area contributed by atoms with Crippen LogP contribution in [-0.2, 0) is 16.6 Å². The topological polar surface area (TPSA) is 99.1 Å². The molecule has 174 valence electrons. The lowest BCUT2D eigenvalue weighted by Gasteiger charge is -2.17. The third kappa shape index (κ3) is 5.25. The lowest BCUT2D eigenvalue weighted by atomic mass is 9.92. The molecule has 0 radical (unpaired) electrons. The fraction of sp³-hybridized carbons (Fsp3) is 0.240. The highest BCUT2D eigenvalue weighted by molar-refractivity contribution is 5.91. The summed E-state index contributed by atoms with van der Waals surface area (Å²) in [6.45, 7) is 6.04. The molecule has 8 nitrogen and oxygen atoms in total. The van der Waals surface area contributed by atoms with Gasteiger partial charge in [0.1, 0.15) is 35.8 Å². The van der Waals surface area contributed by atoms with Crippen molar-refractivity contribution in [3.05, 3.63) is 72.2 Å². The Bertz CT molecular complexity index is 1350. The average Bonchev–Trinajstić information content (AvgIpc) is 2.80. The van der Waals surface area contributed by atoms with Gasteiger partial charge >= 0.3 is 0 Å². The van der Waals surface area contributed by atoms with Gasteiger partial charge in [0.15, 0.2) is 0 Å². The lowest BCUT2D eigenvalue weighted by molar-refractivity contribution is -0.115. The zero-order chi connectivity index (χ0) is 24.3. The highest BCUT2D eigenvalue weighted by atomic mass is 19.1. The van der Waals surface area contributed by atoms with Gasteiger partial charge in [-0.15, -0.1) is 0 Å². The van der Waals surface area contributed by atoms with Gasteiger partial charge in [0.05, 0.1) is 30.1 Å². The molecule has 0 fully saturated rings. The fourth-order valence-corrected chi connectivity index (χ4v) is 3.26. The fourth-order valence-electron chi connectivity index (χ4n) is 3.26. The maximum Gasteiger partial charge on any atom is 0.230 e. The largest absolute Gasteiger partial charge is 0.497 e. The second-order valence-corrected chi connectivity index (χ2v) is 8.68. The number of benzene rings is 2. The second-order valence-electron chi connectivity index (χ2n) is 8.68. The first-order valence-corrected chi connectivity index (χ1v) is 10.6. The molecule has 2 aromatic heterocycles. The predicted octanol–water partition coefficient (Wildman–Crippen LogP) is 4.84. The highest BCUT2D eigenvalue weighted by Crippen LogP contribution is 2.30. The smallest absolute Gasteiger partial charge is 0.230 e. The Labute approximate surface area is 196 Å². The van der Waals surface area contributed by atoms with Crippen molar-refractivity contribution in [1.29, 1.82) is 0 Å². The maximum absolute atomic E-state index is 14.8. The van der Waals surface area contributed by atoms with Crippen molar-refractivity contribution in [2.45, 2.75) is 32.6 Å². The van der Waals surface area contributed by atoms with E-state index < -0.39 is 5.82 Å². The Hall–Kier alpha value is -4.14. The normalized spacial score (nSPS) is 11.3. The van der Waals surface area contributed by atoms with E-state index in [4.69, 9.17) is 9.47 Å². The molecule has 0 atom stereocenters. The van der Waals surface area contributed by atoms with Gasteiger partial charge in [0.25, 0.3) is 0 Å². The van der Waals surface area contributed by atoms with Crippen LogP contribution in [0.15, 0.2) is 55.1 Å². The SMILES string of the molecule is COc1ccc2ncnc(Oc3ccc(CC(=O)Nc4cc(C(C)(C)C)ncn4)c(F)c3)c2c1. The van der Waals surface area contributed by atoms with Gasteiger partial charge in [0, 0.05) is 17.5 Å². The first-order valence-electron chi connectivity index (χ1n) is 10.6. The standard InChI is InChI=1S/C25H24FN5O3/c1-25(2,3)21-12-22(29-14-28-21)31-23(32)9-15-5-6-17(11-19(15)26)34-24-18-10-16(33-4)7-8-20(18)27-13-30-24/h5-8,10-14H,9H2,1-4H3,(H,28,29,31,32). The number of methoxy groups -OCH3 is 1. The second kappa shape index (κ2) is 9.38. The summed E-state index contributed by atoms with van der Waals surface area (Å²) in [6, 6.07) is 11.3. The molecule has 4 aromatic rings. The number of hydrogen-bond acceptors (Lipinski definition) is 7. The van der Waals surface area contributed by atoms with Crippen molar-refractivity contribution in [2.75, 3.05) is 12.4 Å². The summed E-state index contributed by atoms with van der Waals surface area (Å²) in [7, 11) is 1.56. The summed E-state index contributed by atoms with van der Waals surface area (Å²) in [6.07, 6.45) is 2.61. The number of rotatable bonds is 6. The lowest BCUT2D eigenvalue weighted by Crippen LogP contribution is -2.18. The van der Waals surface area contributed by atoms with E-state index >= 15 is 0 Å². The Morgan fingerprint density at radius 2 is 1.74 bits per heavy atom. The number of nitrogens with one attached hydrogen (secondary N) is 1. The van der Waals surface area contributed by atoms with Crippen molar-refractivity contribution >= 4 is 22.6 Å². The van der Waals surface area contributed by atoms with Gasteiger partial charge in [-0.3, -0.25) is 4.79 Å². The summed E-state index contributed by atoms with van der Waals surface area (Å²) in [5, 5.41) is 3.33. The highest BCUT2D eigenvalue weighted by Gasteiger charge is 2.17. The van der Waals surface area contributed by atoms with Crippen LogP contribution in [0.2, 0.25) is 0 Å². The van der Waals surface area contributed by atoms with E-state index in [1.807, 2.05) is 20.8 Å². The van der Waals surface area contributed by atoms with E-state index in [1.165, 1.54) is 24.8 Å². The summed E-state index contributed by atoms with van der Waals surface area (Å²) in [5.74, 6) is 0.554. The van der Waals surface area contributed by atoms with Crippen molar-refractivity contribution in [3.63, 3.8) is 0 Å². The first-order chi connectivity index (χ1) is 16.2. The Morgan fingerprint density at radius 3 is 2.47 bits per heavy atom. The zero-order valence-electron chi connectivity index (χ0n) is 19.3. The van der Waals surface area contributed by atoms with Crippen LogP contribution in [0, 0.1) is 5.82 Å². The molecule has 9 heteroatoms. The molecule has 0 unspecified atom stereocenters. The van der Waals surface area contributed by atoms with Crippen LogP contribution in [0.5, 0.6) is 17.4 Å². The Kier molecular flexibility index (Phi) is 6.36. The minimum Gasteiger partial charge on any atom is -0.497 e. The predicted molar refractivity (Wildman–Crippen MR) is 126 cm³/mol. The van der Waals surface area contributed by atoms with E-state index in [-0.39, 0.29) is 34.9 Å². The van der Waals surface area contributed by atoms with Crippen molar-refractivity contribution in [2.24, 2.45) is 0 Å². The first kappa shape index (κ1) is 23.0. The summed E-state index contributed by atoms with van der Waals surface area (Å²) in [5.41, 5.74) is 1.49. The molecule has 0 aliphatic heterocycles. The van der Waals surface area contributed by atoms with Crippen LogP contribution < -0.4 is 14.8 Å². The molecule has 0 spiro atoms. The van der Waals surface area contributed by atoms with Crippen LogP contribution in [0.1, 0.15) is 32.0 Å². The molecule has 0 saturated carbocycles. The van der Waals surface area contributed by atoms with E-state index in [0.717, 1.165) is 5.69 Å². The number of ether oxygens (including phenoxy) is 2. The molecule has 4 rings (SSSR count). The van der Waals surface area contributed by atoms with Crippen LogP contribution in [0.3, 0.4) is 0 Å². The van der Waals surface area contributed by atoms with Crippen molar-refractivity contribution < 1.29 is 18.7 Å². The number of carbonyl (C=O) groups is 1. The van der Waals surface area contributed by atoms with E-state index in [1.54, 1.807) is 37.4 Å². The molecular weight excluding hydrogens is 437 g/mol. The maximum atomic E-state index is 14.8. The van der Waals surface area contributed by atoms with Crippen molar-refractivity contribution in [1.82, 2.24) is 19.9 Å². The van der Waals surface area contributed by atoms with Gasteiger partial charge in [-0.1, -0.05) is 26.8 Å². The van der Waals surface area contributed by atoms with Gasteiger partial charge in [-0.25, -0.2) is 24.3 Å². The number of halogens is 1. The molecule has 0 aliphatic carbocycles. The number of amides is 1. The van der Waals surface area contributed by atoms with E-state index in [9.17, 15) is 9.18 Å². The summed E-state index contributed by atoms with van der Waals surface area (Å²) in [4.78, 5) is 29.2. The number of nitrogens with zero attached hydrogens (tertiary/aromatic N) is 4. The minimum atomic E-state index is -0.568. The van der Waals surface area contributed by atoms with Crippen LogP contribution in [-0.4, -0.2) is 33.0 Å². The summed E-state index contributed by atoms with van der Waals surface area (Å²) >= 11 is 0. The molecule has 0 saturated heterocycles. The molecule has 34 heavy (non-hydrogen) atoms. The molecule has 0 bridgehead atoms. The number of anilines is 1.